The fourth-order valence-corrected chi connectivity index (χ4v) is 1.78. The highest BCUT2D eigenvalue weighted by molar-refractivity contribution is 6.34. The van der Waals surface area contributed by atoms with Gasteiger partial charge in [-0.25, -0.2) is 4.79 Å². The fraction of sp³-hybridized carbons (Fsp3) is 0.0833. The van der Waals surface area contributed by atoms with Crippen molar-refractivity contribution in [3.05, 3.63) is 46.6 Å². The molecular formula is C12H10ClN3O3. The van der Waals surface area contributed by atoms with Gasteiger partial charge in [0.15, 0.2) is 0 Å². The second kappa shape index (κ2) is 5.11. The molecular weight excluding hydrogens is 270 g/mol. The molecule has 98 valence electrons. The van der Waals surface area contributed by atoms with Gasteiger partial charge in [0.2, 0.25) is 0 Å². The fourth-order valence-electron chi connectivity index (χ4n) is 1.56. The van der Waals surface area contributed by atoms with Crippen LogP contribution in [-0.4, -0.2) is 26.8 Å². The van der Waals surface area contributed by atoms with Crippen molar-refractivity contribution in [3.63, 3.8) is 0 Å². The maximum Gasteiger partial charge on any atom is 0.341 e. The monoisotopic (exact) mass is 279 g/mol. The number of benzene rings is 1. The van der Waals surface area contributed by atoms with Gasteiger partial charge in [0.05, 0.1) is 16.8 Å². The molecule has 0 aliphatic carbocycles. The Kier molecular flexibility index (Phi) is 3.52. The zero-order valence-corrected chi connectivity index (χ0v) is 10.7. The van der Waals surface area contributed by atoms with E-state index >= 15 is 0 Å². The lowest BCUT2D eigenvalue weighted by atomic mass is 10.2. The number of halogens is 1. The molecule has 0 bridgehead atoms. The topological polar surface area (TPSA) is 84.2 Å². The number of carboxylic acids is 1. The molecule has 2 rings (SSSR count). The molecule has 0 saturated heterocycles. The van der Waals surface area contributed by atoms with Crippen LogP contribution in [0.3, 0.4) is 0 Å². The Bertz CT molecular complexity index is 651. The van der Waals surface area contributed by atoms with Crippen LogP contribution in [0.1, 0.15) is 20.7 Å². The van der Waals surface area contributed by atoms with Crippen LogP contribution in [0.25, 0.3) is 0 Å². The second-order valence-corrected chi connectivity index (χ2v) is 4.18. The minimum atomic E-state index is -1.16. The van der Waals surface area contributed by atoms with Crippen molar-refractivity contribution in [1.29, 1.82) is 0 Å². The summed E-state index contributed by atoms with van der Waals surface area (Å²) in [5, 5.41) is 15.6. The molecule has 1 aromatic carbocycles. The van der Waals surface area contributed by atoms with Crippen molar-refractivity contribution in [3.8, 4) is 0 Å². The standard InChI is InChI=1S/C12H10ClN3O3/c1-16-10(8(6-14-16)12(18)19)15-11(17)7-4-2-3-5-9(7)13/h2-6H,1H3,(H,15,17)(H,18,19). The number of nitrogens with one attached hydrogen (secondary N) is 1. The zero-order valence-electron chi connectivity index (χ0n) is 9.92. The average molecular weight is 280 g/mol. The van der Waals surface area contributed by atoms with Crippen molar-refractivity contribution in [1.82, 2.24) is 9.78 Å². The number of carboxylic acid groups (broad SMARTS) is 1. The number of rotatable bonds is 3. The lowest BCUT2D eigenvalue weighted by Gasteiger charge is -2.07. The highest BCUT2D eigenvalue weighted by Crippen LogP contribution is 2.19. The minimum absolute atomic E-state index is 0.0806. The van der Waals surface area contributed by atoms with Gasteiger partial charge < -0.3 is 10.4 Å². The van der Waals surface area contributed by atoms with Crippen LogP contribution < -0.4 is 5.32 Å². The van der Waals surface area contributed by atoms with E-state index in [1.165, 1.54) is 17.9 Å². The number of hydrogen-bond donors (Lipinski definition) is 2. The summed E-state index contributed by atoms with van der Waals surface area (Å²) in [7, 11) is 1.54. The zero-order chi connectivity index (χ0) is 14.0. The van der Waals surface area contributed by atoms with E-state index in [0.717, 1.165) is 0 Å². The molecule has 2 aromatic rings. The van der Waals surface area contributed by atoms with E-state index in [1.54, 1.807) is 24.3 Å². The molecule has 6 nitrogen and oxygen atoms in total. The van der Waals surface area contributed by atoms with Gasteiger partial charge in [-0.3, -0.25) is 9.48 Å². The molecule has 0 saturated carbocycles. The first-order chi connectivity index (χ1) is 9.00. The van der Waals surface area contributed by atoms with Crippen LogP contribution in [-0.2, 0) is 7.05 Å². The first-order valence-corrected chi connectivity index (χ1v) is 5.69. The van der Waals surface area contributed by atoms with Gasteiger partial charge in [0, 0.05) is 7.05 Å². The SMILES string of the molecule is Cn1ncc(C(=O)O)c1NC(=O)c1ccccc1Cl. The smallest absolute Gasteiger partial charge is 0.341 e. The van der Waals surface area contributed by atoms with Crippen molar-refractivity contribution in [2.45, 2.75) is 0 Å². The largest absolute Gasteiger partial charge is 0.477 e. The molecule has 0 radical (unpaired) electrons. The lowest BCUT2D eigenvalue weighted by Crippen LogP contribution is -2.17. The Morgan fingerprint density at radius 1 is 1.32 bits per heavy atom. The van der Waals surface area contributed by atoms with Gasteiger partial charge in [0.1, 0.15) is 11.4 Å². The van der Waals surface area contributed by atoms with E-state index < -0.39 is 11.9 Å². The first-order valence-electron chi connectivity index (χ1n) is 5.32. The van der Waals surface area contributed by atoms with E-state index in [1.807, 2.05) is 0 Å². The van der Waals surface area contributed by atoms with Crippen molar-refractivity contribution < 1.29 is 14.7 Å². The van der Waals surface area contributed by atoms with E-state index in [-0.39, 0.29) is 16.9 Å². The van der Waals surface area contributed by atoms with Crippen LogP contribution in [0, 0.1) is 0 Å². The molecule has 2 N–H and O–H groups in total. The quantitative estimate of drug-likeness (QED) is 0.900. The van der Waals surface area contributed by atoms with E-state index in [9.17, 15) is 9.59 Å². The first kappa shape index (κ1) is 13.1. The second-order valence-electron chi connectivity index (χ2n) is 3.77. The number of aromatic carboxylic acids is 1. The number of hydrogen-bond acceptors (Lipinski definition) is 3. The van der Waals surface area contributed by atoms with Gasteiger partial charge in [-0.15, -0.1) is 0 Å². The Morgan fingerprint density at radius 3 is 2.63 bits per heavy atom. The summed E-state index contributed by atoms with van der Waals surface area (Å²) in [5.74, 6) is -1.54. The summed E-state index contributed by atoms with van der Waals surface area (Å²) in [6, 6.07) is 6.50. The molecule has 0 atom stereocenters. The summed E-state index contributed by atoms with van der Waals surface area (Å²) < 4.78 is 1.28. The third-order valence-electron chi connectivity index (χ3n) is 2.52. The van der Waals surface area contributed by atoms with Crippen molar-refractivity contribution in [2.24, 2.45) is 7.05 Å². The van der Waals surface area contributed by atoms with Gasteiger partial charge in [0.25, 0.3) is 5.91 Å². The third-order valence-corrected chi connectivity index (χ3v) is 2.85. The van der Waals surface area contributed by atoms with Crippen LogP contribution in [0.2, 0.25) is 5.02 Å². The number of nitrogens with zero attached hydrogens (tertiary/aromatic N) is 2. The van der Waals surface area contributed by atoms with Gasteiger partial charge in [-0.1, -0.05) is 23.7 Å². The van der Waals surface area contributed by atoms with Crippen molar-refractivity contribution >= 4 is 29.3 Å². The average Bonchev–Trinajstić information content (AvgIpc) is 2.71. The molecule has 1 heterocycles. The molecule has 1 amide bonds. The molecule has 0 fully saturated rings. The Balaban J connectivity index is 2.32. The van der Waals surface area contributed by atoms with E-state index in [2.05, 4.69) is 10.4 Å². The Hall–Kier alpha value is -2.34. The number of aromatic nitrogens is 2. The lowest BCUT2D eigenvalue weighted by molar-refractivity contribution is 0.0698. The van der Waals surface area contributed by atoms with E-state index in [0.29, 0.717) is 5.02 Å². The van der Waals surface area contributed by atoms with Crippen molar-refractivity contribution in [2.75, 3.05) is 5.32 Å². The maximum absolute atomic E-state index is 12.0. The van der Waals surface area contributed by atoms with Gasteiger partial charge in [-0.2, -0.15) is 5.10 Å². The summed E-state index contributed by atoms with van der Waals surface area (Å²) >= 11 is 5.90. The predicted molar refractivity (Wildman–Crippen MR) is 69.6 cm³/mol. The number of carbonyl (C=O) groups is 2. The molecule has 1 aromatic heterocycles. The molecule has 0 aliphatic heterocycles. The third kappa shape index (κ3) is 2.58. The van der Waals surface area contributed by atoms with Crippen LogP contribution >= 0.6 is 11.6 Å². The maximum atomic E-state index is 12.0. The number of carbonyl (C=O) groups excluding carboxylic acids is 1. The summed E-state index contributed by atoms with van der Waals surface area (Å²) in [6.45, 7) is 0. The summed E-state index contributed by atoms with van der Waals surface area (Å²) in [5.41, 5.74) is 0.185. The summed E-state index contributed by atoms with van der Waals surface area (Å²) in [6.07, 6.45) is 1.17. The highest BCUT2D eigenvalue weighted by Gasteiger charge is 2.18. The van der Waals surface area contributed by atoms with Gasteiger partial charge in [-0.05, 0) is 12.1 Å². The highest BCUT2D eigenvalue weighted by atomic mass is 35.5. The van der Waals surface area contributed by atoms with Crippen LogP contribution in [0.4, 0.5) is 5.82 Å². The molecule has 0 unspecified atom stereocenters. The molecule has 7 heteroatoms. The van der Waals surface area contributed by atoms with E-state index in [4.69, 9.17) is 16.7 Å². The van der Waals surface area contributed by atoms with Crippen LogP contribution in [0.5, 0.6) is 0 Å². The number of aryl methyl sites for hydroxylation is 1. The predicted octanol–water partition coefficient (Wildman–Crippen LogP) is 2.02. The summed E-state index contributed by atoms with van der Waals surface area (Å²) in [4.78, 5) is 23.0. The Labute approximate surface area is 113 Å². The number of anilines is 1. The molecule has 0 aliphatic rings. The van der Waals surface area contributed by atoms with Gasteiger partial charge >= 0.3 is 5.97 Å². The number of amides is 1. The Morgan fingerprint density at radius 2 is 2.00 bits per heavy atom. The van der Waals surface area contributed by atoms with Crippen LogP contribution in [0.15, 0.2) is 30.5 Å². The molecule has 0 spiro atoms. The normalized spacial score (nSPS) is 10.2. The molecule has 19 heavy (non-hydrogen) atoms. The minimum Gasteiger partial charge on any atom is -0.477 e.